The van der Waals surface area contributed by atoms with Crippen molar-refractivity contribution < 1.29 is 4.39 Å². The molecule has 2 N–H and O–H groups in total. The van der Waals surface area contributed by atoms with Crippen molar-refractivity contribution in [3.63, 3.8) is 0 Å². The van der Waals surface area contributed by atoms with Gasteiger partial charge in [0.15, 0.2) is 0 Å². The Morgan fingerprint density at radius 3 is 2.50 bits per heavy atom. The summed E-state index contributed by atoms with van der Waals surface area (Å²) in [5.74, 6) is -0.225. The molecule has 0 amide bonds. The standard InChI is InChI=1S/C6H10FN/c1-3-6(7)4-5(2)8/h4H,2-3,8H2,1H3/b6-4+. The fourth-order valence-electron chi connectivity index (χ4n) is 0.303. The van der Waals surface area contributed by atoms with Crippen molar-refractivity contribution in [3.8, 4) is 0 Å². The third kappa shape index (κ3) is 3.40. The average Bonchev–Trinajstić information content (AvgIpc) is 1.65. The van der Waals surface area contributed by atoms with Crippen LogP contribution in [0, 0.1) is 0 Å². The summed E-state index contributed by atoms with van der Waals surface area (Å²) in [7, 11) is 0. The van der Waals surface area contributed by atoms with E-state index in [1.165, 1.54) is 6.08 Å². The van der Waals surface area contributed by atoms with Crippen LogP contribution < -0.4 is 5.73 Å². The van der Waals surface area contributed by atoms with Crippen LogP contribution in [0.15, 0.2) is 24.2 Å². The van der Waals surface area contributed by atoms with E-state index >= 15 is 0 Å². The third-order valence-electron chi connectivity index (χ3n) is 0.680. The van der Waals surface area contributed by atoms with Crippen LogP contribution in [0.5, 0.6) is 0 Å². The topological polar surface area (TPSA) is 26.0 Å². The molecule has 46 valence electrons. The second-order valence-corrected chi connectivity index (χ2v) is 1.52. The Bertz CT molecular complexity index is 116. The molecule has 1 nitrogen and oxygen atoms in total. The van der Waals surface area contributed by atoms with Crippen molar-refractivity contribution in [2.24, 2.45) is 5.73 Å². The van der Waals surface area contributed by atoms with Crippen molar-refractivity contribution in [1.29, 1.82) is 0 Å². The Balaban J connectivity index is 3.75. The molecule has 0 atom stereocenters. The van der Waals surface area contributed by atoms with Crippen molar-refractivity contribution in [3.05, 3.63) is 24.2 Å². The van der Waals surface area contributed by atoms with Gasteiger partial charge in [-0.2, -0.15) is 0 Å². The minimum Gasteiger partial charge on any atom is -0.399 e. The fraction of sp³-hybridized carbons (Fsp3) is 0.333. The summed E-state index contributed by atoms with van der Waals surface area (Å²) in [6.45, 7) is 5.02. The molecule has 0 unspecified atom stereocenters. The molecule has 0 aromatic carbocycles. The van der Waals surface area contributed by atoms with Gasteiger partial charge in [-0.1, -0.05) is 13.5 Å². The zero-order valence-electron chi connectivity index (χ0n) is 4.95. The highest BCUT2D eigenvalue weighted by Gasteiger charge is 1.86. The van der Waals surface area contributed by atoms with Crippen molar-refractivity contribution >= 4 is 0 Å². The zero-order valence-corrected chi connectivity index (χ0v) is 4.95. The van der Waals surface area contributed by atoms with Gasteiger partial charge in [-0.25, -0.2) is 4.39 Å². The highest BCUT2D eigenvalue weighted by Crippen LogP contribution is 2.01. The summed E-state index contributed by atoms with van der Waals surface area (Å²) in [4.78, 5) is 0. The Hall–Kier alpha value is -0.790. The van der Waals surface area contributed by atoms with E-state index in [1.807, 2.05) is 0 Å². The van der Waals surface area contributed by atoms with Crippen LogP contribution in [0.4, 0.5) is 4.39 Å². The molecule has 0 bridgehead atoms. The zero-order chi connectivity index (χ0) is 6.57. The predicted molar refractivity (Wildman–Crippen MR) is 32.8 cm³/mol. The molecule has 0 fully saturated rings. The number of hydrogen-bond acceptors (Lipinski definition) is 1. The van der Waals surface area contributed by atoms with Gasteiger partial charge < -0.3 is 5.73 Å². The van der Waals surface area contributed by atoms with Crippen LogP contribution in [0.3, 0.4) is 0 Å². The van der Waals surface area contributed by atoms with Gasteiger partial charge in [0, 0.05) is 5.70 Å². The summed E-state index contributed by atoms with van der Waals surface area (Å²) in [6, 6.07) is 0. The summed E-state index contributed by atoms with van der Waals surface area (Å²) in [6.07, 6.45) is 1.61. The first-order valence-corrected chi connectivity index (χ1v) is 2.47. The summed E-state index contributed by atoms with van der Waals surface area (Å²) in [5, 5.41) is 0. The first-order chi connectivity index (χ1) is 3.66. The molecule has 8 heavy (non-hydrogen) atoms. The first kappa shape index (κ1) is 7.21. The van der Waals surface area contributed by atoms with E-state index in [-0.39, 0.29) is 11.5 Å². The van der Waals surface area contributed by atoms with Gasteiger partial charge in [0.2, 0.25) is 0 Å². The van der Waals surface area contributed by atoms with Crippen LogP contribution >= 0.6 is 0 Å². The molecule has 0 rings (SSSR count). The fourth-order valence-corrected chi connectivity index (χ4v) is 0.303. The molecule has 0 saturated carbocycles. The van der Waals surface area contributed by atoms with Crippen LogP contribution in [0.1, 0.15) is 13.3 Å². The van der Waals surface area contributed by atoms with E-state index in [0.29, 0.717) is 6.42 Å². The van der Waals surface area contributed by atoms with E-state index in [4.69, 9.17) is 5.73 Å². The van der Waals surface area contributed by atoms with Crippen LogP contribution in [-0.4, -0.2) is 0 Å². The quantitative estimate of drug-likeness (QED) is 0.545. The molecule has 0 heterocycles. The van der Waals surface area contributed by atoms with Gasteiger partial charge in [-0.15, -0.1) is 0 Å². The lowest BCUT2D eigenvalue weighted by molar-refractivity contribution is 0.603. The van der Waals surface area contributed by atoms with E-state index in [9.17, 15) is 4.39 Å². The minimum atomic E-state index is -0.225. The van der Waals surface area contributed by atoms with E-state index < -0.39 is 0 Å². The van der Waals surface area contributed by atoms with E-state index in [0.717, 1.165) is 0 Å². The molecular formula is C6H10FN. The van der Waals surface area contributed by atoms with E-state index in [1.54, 1.807) is 6.92 Å². The minimum absolute atomic E-state index is 0.225. The van der Waals surface area contributed by atoms with Crippen molar-refractivity contribution in [2.45, 2.75) is 13.3 Å². The monoisotopic (exact) mass is 115 g/mol. The smallest absolute Gasteiger partial charge is 0.102 e. The molecule has 0 saturated heterocycles. The van der Waals surface area contributed by atoms with Crippen LogP contribution in [-0.2, 0) is 0 Å². The van der Waals surface area contributed by atoms with Crippen LogP contribution in [0.2, 0.25) is 0 Å². The first-order valence-electron chi connectivity index (χ1n) is 2.47. The molecule has 2 heteroatoms. The summed E-state index contributed by atoms with van der Waals surface area (Å²) >= 11 is 0. The number of halogens is 1. The second kappa shape index (κ2) is 3.24. The van der Waals surface area contributed by atoms with Crippen LogP contribution in [0.25, 0.3) is 0 Å². The molecular weight excluding hydrogens is 105 g/mol. The molecule has 0 spiro atoms. The Labute approximate surface area is 48.7 Å². The largest absolute Gasteiger partial charge is 0.399 e. The summed E-state index contributed by atoms with van der Waals surface area (Å²) < 4.78 is 12.1. The van der Waals surface area contributed by atoms with Crippen molar-refractivity contribution in [1.82, 2.24) is 0 Å². The maximum absolute atomic E-state index is 12.1. The number of allylic oxidation sites excluding steroid dienone is 2. The highest BCUT2D eigenvalue weighted by molar-refractivity contribution is 5.12. The lowest BCUT2D eigenvalue weighted by atomic mass is 10.3. The molecule has 0 aromatic rings. The molecule has 0 radical (unpaired) electrons. The maximum atomic E-state index is 12.1. The van der Waals surface area contributed by atoms with E-state index in [2.05, 4.69) is 6.58 Å². The Kier molecular flexibility index (Phi) is 2.92. The number of rotatable bonds is 2. The average molecular weight is 115 g/mol. The van der Waals surface area contributed by atoms with Gasteiger partial charge >= 0.3 is 0 Å². The van der Waals surface area contributed by atoms with Gasteiger partial charge in [0.1, 0.15) is 5.83 Å². The molecule has 0 aromatic heterocycles. The van der Waals surface area contributed by atoms with Gasteiger partial charge in [-0.3, -0.25) is 0 Å². The normalized spacial score (nSPS) is 11.5. The third-order valence-corrected chi connectivity index (χ3v) is 0.680. The Morgan fingerprint density at radius 2 is 2.38 bits per heavy atom. The second-order valence-electron chi connectivity index (χ2n) is 1.52. The van der Waals surface area contributed by atoms with Gasteiger partial charge in [0.25, 0.3) is 0 Å². The lowest BCUT2D eigenvalue weighted by Crippen LogP contribution is -1.89. The summed E-state index contributed by atoms with van der Waals surface area (Å²) in [5.41, 5.74) is 5.33. The molecule has 0 aliphatic carbocycles. The number of hydrogen-bond donors (Lipinski definition) is 1. The Morgan fingerprint density at radius 1 is 1.88 bits per heavy atom. The lowest BCUT2D eigenvalue weighted by Gasteiger charge is -1.87. The predicted octanol–water partition coefficient (Wildman–Crippen LogP) is 1.72. The molecule has 0 aliphatic heterocycles. The van der Waals surface area contributed by atoms with Crippen molar-refractivity contribution in [2.75, 3.05) is 0 Å². The van der Waals surface area contributed by atoms with Gasteiger partial charge in [-0.05, 0) is 12.5 Å². The molecule has 0 aliphatic rings. The van der Waals surface area contributed by atoms with Gasteiger partial charge in [0.05, 0.1) is 0 Å². The number of nitrogens with two attached hydrogens (primary N) is 1. The highest BCUT2D eigenvalue weighted by atomic mass is 19.1. The maximum Gasteiger partial charge on any atom is 0.102 e. The SMILES string of the molecule is C=C(N)/C=C(/F)CC.